The molecule has 0 bridgehead atoms. The molecule has 0 heterocycles. The Labute approximate surface area is 88.3 Å². The second-order valence-electron chi connectivity index (χ2n) is 4.63. The van der Waals surface area contributed by atoms with Crippen molar-refractivity contribution < 1.29 is 4.79 Å². The van der Waals surface area contributed by atoms with Gasteiger partial charge in [0.25, 0.3) is 0 Å². The number of Topliss-reactive ketones (excluding diaryl/α,β-unsaturated/α-hetero) is 1. The van der Waals surface area contributed by atoms with E-state index in [0.29, 0.717) is 17.6 Å². The zero-order chi connectivity index (χ0) is 10.4. The van der Waals surface area contributed by atoms with Crippen LogP contribution in [-0.4, -0.2) is 5.78 Å². The fourth-order valence-electron chi connectivity index (χ4n) is 2.66. The van der Waals surface area contributed by atoms with E-state index in [4.69, 9.17) is 0 Å². The molecule has 2 atom stereocenters. The molecule has 1 saturated carbocycles. The van der Waals surface area contributed by atoms with Crippen molar-refractivity contribution in [3.63, 3.8) is 0 Å². The number of rotatable bonds is 5. The van der Waals surface area contributed by atoms with Gasteiger partial charge in [0.15, 0.2) is 0 Å². The van der Waals surface area contributed by atoms with Crippen LogP contribution >= 0.6 is 0 Å². The van der Waals surface area contributed by atoms with Crippen LogP contribution in [0.1, 0.15) is 65.2 Å². The fraction of sp³-hybridized carbons (Fsp3) is 0.923. The third kappa shape index (κ3) is 3.11. The molecule has 0 saturated heterocycles. The summed E-state index contributed by atoms with van der Waals surface area (Å²) in [6.45, 7) is 4.39. The van der Waals surface area contributed by atoms with Crippen LogP contribution in [0.5, 0.6) is 0 Å². The first kappa shape index (κ1) is 11.7. The Bertz CT molecular complexity index is 174. The number of carbonyl (C=O) groups excluding carboxylic acids is 1. The summed E-state index contributed by atoms with van der Waals surface area (Å²) in [6.07, 6.45) is 9.34. The van der Waals surface area contributed by atoms with E-state index >= 15 is 0 Å². The topological polar surface area (TPSA) is 17.1 Å². The van der Waals surface area contributed by atoms with Crippen molar-refractivity contribution >= 4 is 5.78 Å². The average molecular weight is 196 g/mol. The number of ketones is 1. The Balaban J connectivity index is 2.41. The minimum atomic E-state index is 0.417. The second-order valence-corrected chi connectivity index (χ2v) is 4.63. The minimum absolute atomic E-state index is 0.417. The van der Waals surface area contributed by atoms with E-state index in [1.807, 2.05) is 0 Å². The monoisotopic (exact) mass is 196 g/mol. The van der Waals surface area contributed by atoms with Gasteiger partial charge >= 0.3 is 0 Å². The maximum Gasteiger partial charge on any atom is 0.136 e. The average Bonchev–Trinajstić information content (AvgIpc) is 2.25. The van der Waals surface area contributed by atoms with Gasteiger partial charge in [0.2, 0.25) is 0 Å². The molecule has 2 unspecified atom stereocenters. The van der Waals surface area contributed by atoms with Crippen molar-refractivity contribution in [1.82, 2.24) is 0 Å². The molecule has 0 aliphatic heterocycles. The van der Waals surface area contributed by atoms with Gasteiger partial charge in [-0.25, -0.2) is 0 Å². The molecule has 1 fully saturated rings. The highest BCUT2D eigenvalue weighted by Gasteiger charge is 2.28. The van der Waals surface area contributed by atoms with E-state index in [1.54, 1.807) is 0 Å². The first-order valence-corrected chi connectivity index (χ1v) is 6.32. The third-order valence-electron chi connectivity index (χ3n) is 3.62. The summed E-state index contributed by atoms with van der Waals surface area (Å²) >= 11 is 0. The summed E-state index contributed by atoms with van der Waals surface area (Å²) < 4.78 is 0. The molecular formula is C13H24O. The van der Waals surface area contributed by atoms with E-state index in [2.05, 4.69) is 13.8 Å². The molecule has 0 N–H and O–H groups in total. The standard InChI is InChI=1S/C13H24O/c1-3-5-10-13(14)12-9-7-6-8-11(12)4-2/h11-12H,3-10H2,1-2H3. The lowest BCUT2D eigenvalue weighted by Gasteiger charge is -2.29. The maximum absolute atomic E-state index is 11.9. The zero-order valence-corrected chi connectivity index (χ0v) is 9.72. The van der Waals surface area contributed by atoms with Gasteiger partial charge in [-0.15, -0.1) is 0 Å². The van der Waals surface area contributed by atoms with Gasteiger partial charge in [-0.3, -0.25) is 4.79 Å². The summed E-state index contributed by atoms with van der Waals surface area (Å²) in [5, 5.41) is 0. The first-order valence-electron chi connectivity index (χ1n) is 6.32. The van der Waals surface area contributed by atoms with Crippen LogP contribution in [0.2, 0.25) is 0 Å². The highest BCUT2D eigenvalue weighted by Crippen LogP contribution is 2.33. The van der Waals surface area contributed by atoms with E-state index in [0.717, 1.165) is 19.3 Å². The molecular weight excluding hydrogens is 172 g/mol. The van der Waals surface area contributed by atoms with Crippen LogP contribution in [-0.2, 0) is 4.79 Å². The van der Waals surface area contributed by atoms with Crippen LogP contribution in [0.15, 0.2) is 0 Å². The quantitative estimate of drug-likeness (QED) is 0.650. The van der Waals surface area contributed by atoms with Crippen LogP contribution in [0.3, 0.4) is 0 Å². The SMILES string of the molecule is CCCCC(=O)C1CCCCC1CC. The fourth-order valence-corrected chi connectivity index (χ4v) is 2.66. The van der Waals surface area contributed by atoms with Crippen LogP contribution in [0.4, 0.5) is 0 Å². The van der Waals surface area contributed by atoms with Gasteiger partial charge in [0.05, 0.1) is 0 Å². The Kier molecular flexibility index (Phi) is 5.21. The number of hydrogen-bond donors (Lipinski definition) is 0. The Hall–Kier alpha value is -0.330. The second kappa shape index (κ2) is 6.21. The number of unbranched alkanes of at least 4 members (excludes halogenated alkanes) is 1. The van der Waals surface area contributed by atoms with Crippen LogP contribution in [0.25, 0.3) is 0 Å². The molecule has 0 amide bonds. The van der Waals surface area contributed by atoms with Gasteiger partial charge in [-0.2, -0.15) is 0 Å². The maximum atomic E-state index is 11.9. The molecule has 0 aromatic carbocycles. The largest absolute Gasteiger partial charge is 0.299 e. The Morgan fingerprint density at radius 3 is 2.57 bits per heavy atom. The van der Waals surface area contributed by atoms with Crippen molar-refractivity contribution in [2.45, 2.75) is 65.2 Å². The smallest absolute Gasteiger partial charge is 0.136 e. The summed E-state index contributed by atoms with van der Waals surface area (Å²) in [7, 11) is 0. The molecule has 0 radical (unpaired) electrons. The van der Waals surface area contributed by atoms with Crippen molar-refractivity contribution in [2.75, 3.05) is 0 Å². The highest BCUT2D eigenvalue weighted by atomic mass is 16.1. The first-order chi connectivity index (χ1) is 6.79. The van der Waals surface area contributed by atoms with Crippen molar-refractivity contribution in [1.29, 1.82) is 0 Å². The van der Waals surface area contributed by atoms with Gasteiger partial charge in [-0.1, -0.05) is 39.5 Å². The van der Waals surface area contributed by atoms with Gasteiger partial charge in [0, 0.05) is 12.3 Å². The zero-order valence-electron chi connectivity index (χ0n) is 9.72. The Morgan fingerprint density at radius 2 is 1.93 bits per heavy atom. The summed E-state index contributed by atoms with van der Waals surface area (Å²) in [4.78, 5) is 11.9. The molecule has 1 aliphatic rings. The molecule has 1 nitrogen and oxygen atoms in total. The van der Waals surface area contributed by atoms with Gasteiger partial charge in [-0.05, 0) is 25.2 Å². The lowest BCUT2D eigenvalue weighted by molar-refractivity contribution is -0.125. The molecule has 1 rings (SSSR count). The number of carbonyl (C=O) groups is 1. The summed E-state index contributed by atoms with van der Waals surface area (Å²) in [5.41, 5.74) is 0. The third-order valence-corrected chi connectivity index (χ3v) is 3.62. The predicted octanol–water partition coefficient (Wildman–Crippen LogP) is 3.96. The van der Waals surface area contributed by atoms with Crippen LogP contribution in [0, 0.1) is 11.8 Å². The molecule has 82 valence electrons. The molecule has 0 aromatic heterocycles. The van der Waals surface area contributed by atoms with Gasteiger partial charge < -0.3 is 0 Å². The normalized spacial score (nSPS) is 27.6. The van der Waals surface area contributed by atoms with E-state index in [9.17, 15) is 4.79 Å². The van der Waals surface area contributed by atoms with Crippen LogP contribution < -0.4 is 0 Å². The molecule has 1 aliphatic carbocycles. The molecule has 1 heteroatoms. The van der Waals surface area contributed by atoms with Crippen molar-refractivity contribution in [3.05, 3.63) is 0 Å². The van der Waals surface area contributed by atoms with Crippen molar-refractivity contribution in [3.8, 4) is 0 Å². The molecule has 0 aromatic rings. The minimum Gasteiger partial charge on any atom is -0.299 e. The Morgan fingerprint density at radius 1 is 1.21 bits per heavy atom. The summed E-state index contributed by atoms with van der Waals surface area (Å²) in [6, 6.07) is 0. The summed E-state index contributed by atoms with van der Waals surface area (Å²) in [5.74, 6) is 1.67. The molecule has 0 spiro atoms. The predicted molar refractivity (Wildman–Crippen MR) is 60.3 cm³/mol. The highest BCUT2D eigenvalue weighted by molar-refractivity contribution is 5.81. The lowest BCUT2D eigenvalue weighted by atomic mass is 9.75. The molecule has 14 heavy (non-hydrogen) atoms. The van der Waals surface area contributed by atoms with Gasteiger partial charge in [0.1, 0.15) is 5.78 Å². The lowest BCUT2D eigenvalue weighted by Crippen LogP contribution is -2.26. The van der Waals surface area contributed by atoms with E-state index in [-0.39, 0.29) is 0 Å². The van der Waals surface area contributed by atoms with E-state index in [1.165, 1.54) is 32.1 Å². The van der Waals surface area contributed by atoms with E-state index < -0.39 is 0 Å². The number of hydrogen-bond acceptors (Lipinski definition) is 1. The van der Waals surface area contributed by atoms with Crippen molar-refractivity contribution in [2.24, 2.45) is 11.8 Å².